The Hall–Kier alpha value is -1.12. The number of nitrogens with one attached hydrogen (secondary N) is 1. The molecule has 2 rings (SSSR count). The molecule has 2 heterocycles. The molecule has 0 saturated carbocycles. The van der Waals surface area contributed by atoms with Crippen molar-refractivity contribution in [3.05, 3.63) is 0 Å². The number of rotatable bonds is 4. The standard InChI is InChI=1S/C13H22N4O/c1-13(15,9-14)5-3-7-17-6-2-4-10-11(17)8-16-12(10)18/h10-11H,2-8,15H2,1H3,(H,16,18). The van der Waals surface area contributed by atoms with Crippen molar-refractivity contribution in [1.82, 2.24) is 10.2 Å². The highest BCUT2D eigenvalue weighted by atomic mass is 16.2. The summed E-state index contributed by atoms with van der Waals surface area (Å²) in [7, 11) is 0. The first-order valence-corrected chi connectivity index (χ1v) is 6.75. The molecule has 0 spiro atoms. The van der Waals surface area contributed by atoms with Crippen LogP contribution in [0.25, 0.3) is 0 Å². The van der Waals surface area contributed by atoms with E-state index in [-0.39, 0.29) is 11.8 Å². The quantitative estimate of drug-likeness (QED) is 0.747. The Morgan fingerprint density at radius 1 is 1.67 bits per heavy atom. The number of nitriles is 1. The fourth-order valence-electron chi connectivity index (χ4n) is 3.02. The van der Waals surface area contributed by atoms with Crippen LogP contribution >= 0.6 is 0 Å². The molecular formula is C13H22N4O. The number of hydrogen-bond donors (Lipinski definition) is 2. The lowest BCUT2D eigenvalue weighted by atomic mass is 9.91. The van der Waals surface area contributed by atoms with Gasteiger partial charge in [0.25, 0.3) is 0 Å². The zero-order valence-corrected chi connectivity index (χ0v) is 11.0. The van der Waals surface area contributed by atoms with Crippen LogP contribution in [0.15, 0.2) is 0 Å². The number of likely N-dealkylation sites (tertiary alicyclic amines) is 1. The van der Waals surface area contributed by atoms with Crippen molar-refractivity contribution in [1.29, 1.82) is 5.26 Å². The summed E-state index contributed by atoms with van der Waals surface area (Å²) < 4.78 is 0. The van der Waals surface area contributed by atoms with Crippen molar-refractivity contribution < 1.29 is 4.79 Å². The number of fused-ring (bicyclic) bond motifs is 1. The van der Waals surface area contributed by atoms with Gasteiger partial charge in [-0.1, -0.05) is 0 Å². The van der Waals surface area contributed by atoms with E-state index in [4.69, 9.17) is 11.0 Å². The van der Waals surface area contributed by atoms with Crippen LogP contribution in [-0.2, 0) is 4.79 Å². The molecule has 18 heavy (non-hydrogen) atoms. The Bertz CT molecular complexity index is 360. The Morgan fingerprint density at radius 3 is 3.17 bits per heavy atom. The summed E-state index contributed by atoms with van der Waals surface area (Å²) in [4.78, 5) is 14.0. The maximum atomic E-state index is 11.6. The van der Waals surface area contributed by atoms with Crippen LogP contribution in [0.4, 0.5) is 0 Å². The van der Waals surface area contributed by atoms with Crippen LogP contribution in [0.1, 0.15) is 32.6 Å². The molecule has 0 aromatic rings. The number of nitrogens with two attached hydrogens (primary N) is 1. The van der Waals surface area contributed by atoms with Gasteiger partial charge >= 0.3 is 0 Å². The second-order valence-electron chi connectivity index (χ2n) is 5.73. The van der Waals surface area contributed by atoms with E-state index in [9.17, 15) is 4.79 Å². The topological polar surface area (TPSA) is 82.2 Å². The van der Waals surface area contributed by atoms with Gasteiger partial charge in [0.2, 0.25) is 5.91 Å². The van der Waals surface area contributed by atoms with Gasteiger partial charge in [-0.3, -0.25) is 9.69 Å². The third-order valence-electron chi connectivity index (χ3n) is 4.11. The molecule has 2 aliphatic heterocycles. The van der Waals surface area contributed by atoms with Gasteiger partial charge in [0, 0.05) is 12.6 Å². The molecule has 5 heteroatoms. The zero-order valence-electron chi connectivity index (χ0n) is 11.0. The first-order valence-electron chi connectivity index (χ1n) is 6.75. The molecule has 2 fully saturated rings. The molecule has 5 nitrogen and oxygen atoms in total. The Labute approximate surface area is 108 Å². The van der Waals surface area contributed by atoms with Gasteiger partial charge in [-0.15, -0.1) is 0 Å². The highest BCUT2D eigenvalue weighted by Gasteiger charge is 2.40. The van der Waals surface area contributed by atoms with Crippen molar-refractivity contribution in [2.45, 2.75) is 44.2 Å². The number of carbonyl (C=O) groups is 1. The fraction of sp³-hybridized carbons (Fsp3) is 0.846. The predicted molar refractivity (Wildman–Crippen MR) is 68.5 cm³/mol. The minimum atomic E-state index is -0.723. The summed E-state index contributed by atoms with van der Waals surface area (Å²) in [6, 6.07) is 2.48. The Kier molecular flexibility index (Phi) is 3.88. The first kappa shape index (κ1) is 13.3. The van der Waals surface area contributed by atoms with E-state index in [0.29, 0.717) is 12.5 Å². The summed E-state index contributed by atoms with van der Waals surface area (Å²) in [5.41, 5.74) is 5.09. The monoisotopic (exact) mass is 250 g/mol. The second-order valence-corrected chi connectivity index (χ2v) is 5.73. The molecule has 2 aliphatic rings. The lowest BCUT2D eigenvalue weighted by Crippen LogP contribution is -2.46. The number of hydrogen-bond acceptors (Lipinski definition) is 4. The lowest BCUT2D eigenvalue weighted by molar-refractivity contribution is -0.124. The van der Waals surface area contributed by atoms with E-state index in [1.807, 2.05) is 0 Å². The molecule has 0 bridgehead atoms. The summed E-state index contributed by atoms with van der Waals surface area (Å²) in [5.74, 6) is 0.393. The van der Waals surface area contributed by atoms with Crippen molar-refractivity contribution >= 4 is 5.91 Å². The molecule has 0 radical (unpaired) electrons. The summed E-state index contributed by atoms with van der Waals surface area (Å²) >= 11 is 0. The molecule has 3 unspecified atom stereocenters. The molecule has 0 aliphatic carbocycles. The van der Waals surface area contributed by atoms with E-state index in [2.05, 4.69) is 16.3 Å². The average Bonchev–Trinajstić information content (AvgIpc) is 2.72. The van der Waals surface area contributed by atoms with E-state index in [1.165, 1.54) is 0 Å². The normalized spacial score (nSPS) is 31.3. The van der Waals surface area contributed by atoms with Gasteiger partial charge in [0.15, 0.2) is 0 Å². The predicted octanol–water partition coefficient (Wildman–Crippen LogP) is 0.218. The van der Waals surface area contributed by atoms with Gasteiger partial charge in [-0.05, 0) is 45.7 Å². The maximum absolute atomic E-state index is 11.6. The lowest BCUT2D eigenvalue weighted by Gasteiger charge is -2.36. The molecular weight excluding hydrogens is 228 g/mol. The Balaban J connectivity index is 1.83. The van der Waals surface area contributed by atoms with E-state index < -0.39 is 5.54 Å². The van der Waals surface area contributed by atoms with Crippen molar-refractivity contribution in [2.75, 3.05) is 19.6 Å². The van der Waals surface area contributed by atoms with Crippen molar-refractivity contribution in [2.24, 2.45) is 11.7 Å². The molecule has 1 amide bonds. The molecule has 2 saturated heterocycles. The largest absolute Gasteiger partial charge is 0.354 e. The second kappa shape index (κ2) is 5.25. The highest BCUT2D eigenvalue weighted by molar-refractivity contribution is 5.82. The highest BCUT2D eigenvalue weighted by Crippen LogP contribution is 2.27. The van der Waals surface area contributed by atoms with Crippen molar-refractivity contribution in [3.8, 4) is 6.07 Å². The van der Waals surface area contributed by atoms with Crippen molar-refractivity contribution in [3.63, 3.8) is 0 Å². The van der Waals surface area contributed by atoms with Gasteiger partial charge in [0.1, 0.15) is 5.54 Å². The van der Waals surface area contributed by atoms with Gasteiger partial charge in [-0.2, -0.15) is 5.26 Å². The maximum Gasteiger partial charge on any atom is 0.224 e. The third-order valence-corrected chi connectivity index (χ3v) is 4.11. The van der Waals surface area contributed by atoms with Gasteiger partial charge in [-0.25, -0.2) is 0 Å². The molecule has 0 aromatic heterocycles. The Morgan fingerprint density at radius 2 is 2.44 bits per heavy atom. The number of carbonyl (C=O) groups excluding carboxylic acids is 1. The molecule has 100 valence electrons. The molecule has 3 N–H and O–H groups in total. The van der Waals surface area contributed by atoms with Crippen LogP contribution in [0.5, 0.6) is 0 Å². The summed E-state index contributed by atoms with van der Waals surface area (Å²) in [5, 5.41) is 11.8. The van der Waals surface area contributed by atoms with Crippen LogP contribution < -0.4 is 11.1 Å². The molecule has 3 atom stereocenters. The number of piperidine rings is 1. The van der Waals surface area contributed by atoms with Crippen LogP contribution in [-0.4, -0.2) is 42.0 Å². The number of nitrogens with zero attached hydrogens (tertiary/aromatic N) is 2. The minimum Gasteiger partial charge on any atom is -0.354 e. The summed E-state index contributed by atoms with van der Waals surface area (Å²) in [6.07, 6.45) is 3.73. The fourth-order valence-corrected chi connectivity index (χ4v) is 3.02. The van der Waals surface area contributed by atoms with Gasteiger partial charge < -0.3 is 11.1 Å². The number of amides is 1. The first-order chi connectivity index (χ1) is 8.53. The average molecular weight is 250 g/mol. The van der Waals surface area contributed by atoms with E-state index in [0.717, 1.165) is 38.9 Å². The SMILES string of the molecule is CC(N)(C#N)CCCN1CCCC2C(=O)NCC21. The van der Waals surface area contributed by atoms with Crippen LogP contribution in [0.3, 0.4) is 0 Å². The molecule has 0 aromatic carbocycles. The third kappa shape index (κ3) is 2.82. The minimum absolute atomic E-state index is 0.180. The smallest absolute Gasteiger partial charge is 0.224 e. The van der Waals surface area contributed by atoms with Crippen LogP contribution in [0, 0.1) is 17.2 Å². The van der Waals surface area contributed by atoms with Gasteiger partial charge in [0.05, 0.1) is 12.0 Å². The van der Waals surface area contributed by atoms with E-state index >= 15 is 0 Å². The summed E-state index contributed by atoms with van der Waals surface area (Å²) in [6.45, 7) is 4.54. The van der Waals surface area contributed by atoms with E-state index in [1.54, 1.807) is 6.92 Å². The zero-order chi connectivity index (χ0) is 13.2. The van der Waals surface area contributed by atoms with Crippen LogP contribution in [0.2, 0.25) is 0 Å².